The molecule has 3 aromatic rings. The van der Waals surface area contributed by atoms with Gasteiger partial charge in [0.1, 0.15) is 0 Å². The molecule has 1 atom stereocenters. The highest BCUT2D eigenvalue weighted by Gasteiger charge is 2.21. The van der Waals surface area contributed by atoms with Crippen LogP contribution in [0.15, 0.2) is 46.3 Å². The fourth-order valence-corrected chi connectivity index (χ4v) is 4.56. The number of hydrogen-bond acceptors (Lipinski definition) is 5. The summed E-state index contributed by atoms with van der Waals surface area (Å²) in [4.78, 5) is 30.4. The lowest BCUT2D eigenvalue weighted by Crippen LogP contribution is -2.29. The van der Waals surface area contributed by atoms with Gasteiger partial charge in [-0.1, -0.05) is 29.4 Å². The van der Waals surface area contributed by atoms with E-state index >= 15 is 0 Å². The first-order chi connectivity index (χ1) is 14.9. The van der Waals surface area contributed by atoms with Gasteiger partial charge in [0.05, 0.1) is 29.3 Å². The highest BCUT2D eigenvalue weighted by atomic mass is 35.5. The molecule has 2 heterocycles. The maximum absolute atomic E-state index is 13.2. The Morgan fingerprint density at radius 2 is 2.10 bits per heavy atom. The highest BCUT2D eigenvalue weighted by molar-refractivity contribution is 7.99. The number of aromatic nitrogens is 2. The van der Waals surface area contributed by atoms with Gasteiger partial charge in [-0.3, -0.25) is 14.2 Å². The summed E-state index contributed by atoms with van der Waals surface area (Å²) < 4.78 is 7.35. The number of aryl methyl sites for hydroxylation is 2. The second-order valence-electron chi connectivity index (χ2n) is 7.74. The molecule has 1 unspecified atom stereocenters. The van der Waals surface area contributed by atoms with Gasteiger partial charge in [0, 0.05) is 17.3 Å². The van der Waals surface area contributed by atoms with Crippen molar-refractivity contribution in [2.45, 2.75) is 44.5 Å². The van der Waals surface area contributed by atoms with Crippen LogP contribution in [0.2, 0.25) is 5.02 Å². The molecule has 1 aromatic heterocycles. The SMILES string of the molecule is Cc1ccc(NC(=O)CSc2nc3cc(Cl)ccc3c(=O)n2CC2CCCO2)cc1C. The Morgan fingerprint density at radius 1 is 1.26 bits per heavy atom. The van der Waals surface area contributed by atoms with Gasteiger partial charge in [-0.05, 0) is 68.1 Å². The predicted octanol–water partition coefficient (Wildman–Crippen LogP) is 4.58. The summed E-state index contributed by atoms with van der Waals surface area (Å²) in [6, 6.07) is 10.9. The topological polar surface area (TPSA) is 73.2 Å². The molecule has 2 aromatic carbocycles. The summed E-state index contributed by atoms with van der Waals surface area (Å²) in [5.41, 5.74) is 3.42. The van der Waals surface area contributed by atoms with Gasteiger partial charge >= 0.3 is 0 Å². The molecule has 31 heavy (non-hydrogen) atoms. The number of carbonyl (C=O) groups is 1. The number of amides is 1. The molecular formula is C23H24ClN3O3S. The highest BCUT2D eigenvalue weighted by Crippen LogP contribution is 2.23. The Morgan fingerprint density at radius 3 is 2.84 bits per heavy atom. The molecule has 0 saturated carbocycles. The van der Waals surface area contributed by atoms with Crippen molar-refractivity contribution in [2.24, 2.45) is 0 Å². The molecule has 1 fully saturated rings. The van der Waals surface area contributed by atoms with Gasteiger partial charge in [-0.15, -0.1) is 0 Å². The summed E-state index contributed by atoms with van der Waals surface area (Å²) in [5, 5.41) is 4.42. The first-order valence-corrected chi connectivity index (χ1v) is 11.6. The Labute approximate surface area is 190 Å². The summed E-state index contributed by atoms with van der Waals surface area (Å²) in [5.74, 6) is -0.0193. The molecule has 6 nitrogen and oxygen atoms in total. The molecule has 4 rings (SSSR count). The molecule has 1 aliphatic rings. The maximum Gasteiger partial charge on any atom is 0.262 e. The van der Waals surface area contributed by atoms with Crippen LogP contribution in [0, 0.1) is 13.8 Å². The molecule has 162 valence electrons. The fourth-order valence-electron chi connectivity index (χ4n) is 3.58. The maximum atomic E-state index is 13.2. The zero-order valence-corrected chi connectivity index (χ0v) is 19.1. The largest absolute Gasteiger partial charge is 0.376 e. The van der Waals surface area contributed by atoms with Gasteiger partial charge in [-0.25, -0.2) is 4.98 Å². The Bertz CT molecular complexity index is 1190. The number of thioether (sulfide) groups is 1. The molecule has 0 bridgehead atoms. The Balaban J connectivity index is 1.57. The van der Waals surface area contributed by atoms with E-state index in [0.717, 1.165) is 24.1 Å². The summed E-state index contributed by atoms with van der Waals surface area (Å²) >= 11 is 7.34. The third-order valence-corrected chi connectivity index (χ3v) is 6.63. The number of hydrogen-bond donors (Lipinski definition) is 1. The number of benzene rings is 2. The molecule has 0 radical (unpaired) electrons. The number of anilines is 1. The van der Waals surface area contributed by atoms with E-state index in [1.165, 1.54) is 17.3 Å². The van der Waals surface area contributed by atoms with Crippen LogP contribution in [0.25, 0.3) is 10.9 Å². The molecular weight excluding hydrogens is 434 g/mol. The van der Waals surface area contributed by atoms with Crippen molar-refractivity contribution in [2.75, 3.05) is 17.7 Å². The van der Waals surface area contributed by atoms with Crippen LogP contribution in [0.5, 0.6) is 0 Å². The second kappa shape index (κ2) is 9.42. The van der Waals surface area contributed by atoms with Crippen LogP contribution in [-0.2, 0) is 16.1 Å². The smallest absolute Gasteiger partial charge is 0.262 e. The van der Waals surface area contributed by atoms with Crippen LogP contribution in [0.4, 0.5) is 5.69 Å². The van der Waals surface area contributed by atoms with E-state index < -0.39 is 0 Å². The van der Waals surface area contributed by atoms with Crippen molar-refractivity contribution in [1.29, 1.82) is 0 Å². The van der Waals surface area contributed by atoms with Crippen LogP contribution in [0.3, 0.4) is 0 Å². The van der Waals surface area contributed by atoms with Crippen LogP contribution in [-0.4, -0.2) is 33.9 Å². The minimum Gasteiger partial charge on any atom is -0.376 e. The van der Waals surface area contributed by atoms with E-state index in [1.54, 1.807) is 22.8 Å². The van der Waals surface area contributed by atoms with Crippen molar-refractivity contribution in [1.82, 2.24) is 9.55 Å². The predicted molar refractivity (Wildman–Crippen MR) is 125 cm³/mol. The van der Waals surface area contributed by atoms with Crippen LogP contribution in [0.1, 0.15) is 24.0 Å². The standard InChI is InChI=1S/C23H24ClN3O3S/c1-14-5-7-17(10-15(14)2)25-21(28)13-31-23-26-20-11-16(24)6-8-19(20)22(29)27(23)12-18-4-3-9-30-18/h5-8,10-11,18H,3-4,9,12-13H2,1-2H3,(H,25,28). The lowest BCUT2D eigenvalue weighted by atomic mass is 10.1. The van der Waals surface area contributed by atoms with Gasteiger partial charge in [0.25, 0.3) is 5.56 Å². The fraction of sp³-hybridized carbons (Fsp3) is 0.348. The molecule has 8 heteroatoms. The van der Waals surface area contributed by atoms with Crippen LogP contribution >= 0.6 is 23.4 Å². The van der Waals surface area contributed by atoms with E-state index in [4.69, 9.17) is 16.3 Å². The van der Waals surface area contributed by atoms with Crippen molar-refractivity contribution in [3.8, 4) is 0 Å². The quantitative estimate of drug-likeness (QED) is 0.433. The number of rotatable bonds is 6. The first kappa shape index (κ1) is 21.9. The molecule has 0 spiro atoms. The molecule has 1 N–H and O–H groups in total. The third kappa shape index (κ3) is 5.11. The van der Waals surface area contributed by atoms with E-state index in [1.807, 2.05) is 32.0 Å². The lowest BCUT2D eigenvalue weighted by molar-refractivity contribution is -0.113. The first-order valence-electron chi connectivity index (χ1n) is 10.2. The molecule has 0 aliphatic carbocycles. The van der Waals surface area contributed by atoms with E-state index in [9.17, 15) is 9.59 Å². The molecule has 1 aliphatic heterocycles. The Hall–Kier alpha value is -2.35. The number of ether oxygens (including phenoxy) is 1. The molecule has 1 saturated heterocycles. The monoisotopic (exact) mass is 457 g/mol. The van der Waals surface area contributed by atoms with Crippen molar-refractivity contribution < 1.29 is 9.53 Å². The lowest BCUT2D eigenvalue weighted by Gasteiger charge is -2.16. The van der Waals surface area contributed by atoms with Gasteiger partial charge in [-0.2, -0.15) is 0 Å². The normalized spacial score (nSPS) is 16.0. The van der Waals surface area contributed by atoms with Crippen molar-refractivity contribution in [3.05, 3.63) is 62.9 Å². The number of halogens is 1. The van der Waals surface area contributed by atoms with Crippen molar-refractivity contribution >= 4 is 45.9 Å². The number of nitrogens with zero attached hydrogens (tertiary/aromatic N) is 2. The van der Waals surface area contributed by atoms with Crippen molar-refractivity contribution in [3.63, 3.8) is 0 Å². The average Bonchev–Trinajstić information content (AvgIpc) is 3.24. The zero-order chi connectivity index (χ0) is 22.0. The van der Waals surface area contributed by atoms with E-state index in [2.05, 4.69) is 10.3 Å². The van der Waals surface area contributed by atoms with Gasteiger partial charge < -0.3 is 10.1 Å². The molecule has 1 amide bonds. The van der Waals surface area contributed by atoms with Crippen LogP contribution < -0.4 is 10.9 Å². The van der Waals surface area contributed by atoms with E-state index in [-0.39, 0.29) is 23.3 Å². The zero-order valence-electron chi connectivity index (χ0n) is 17.5. The number of nitrogens with one attached hydrogen (secondary N) is 1. The third-order valence-electron chi connectivity index (χ3n) is 5.42. The minimum absolute atomic E-state index is 0.0204. The summed E-state index contributed by atoms with van der Waals surface area (Å²) in [7, 11) is 0. The van der Waals surface area contributed by atoms with Gasteiger partial charge in [0.2, 0.25) is 5.91 Å². The average molecular weight is 458 g/mol. The summed E-state index contributed by atoms with van der Waals surface area (Å²) in [6.07, 6.45) is 1.87. The minimum atomic E-state index is -0.155. The second-order valence-corrected chi connectivity index (χ2v) is 9.12. The summed E-state index contributed by atoms with van der Waals surface area (Å²) in [6.45, 7) is 5.16. The van der Waals surface area contributed by atoms with Gasteiger partial charge in [0.15, 0.2) is 5.16 Å². The Kier molecular flexibility index (Phi) is 6.65. The number of fused-ring (bicyclic) bond motifs is 1. The van der Waals surface area contributed by atoms with E-state index in [0.29, 0.717) is 34.2 Å². The number of carbonyl (C=O) groups excluding carboxylic acids is 1.